The zero-order valence-electron chi connectivity index (χ0n) is 14.9. The van der Waals surface area contributed by atoms with Gasteiger partial charge < -0.3 is 15.7 Å². The van der Waals surface area contributed by atoms with Gasteiger partial charge in [-0.05, 0) is 43.4 Å². The van der Waals surface area contributed by atoms with E-state index in [0.29, 0.717) is 17.2 Å². The standard InChI is InChI=1S/C19H28N2O3/c1-5-13(3)19(4,24)11-20-17(22)14-7-6-8-15(10-14)21-18(23)16-9-12(16)2/h6-8,10,12-13,16,24H,5,9,11H2,1-4H3,(H,20,22)(H,21,23). The molecule has 1 aromatic carbocycles. The molecule has 0 aliphatic heterocycles. The van der Waals surface area contributed by atoms with Crippen molar-refractivity contribution in [3.63, 3.8) is 0 Å². The fraction of sp³-hybridized carbons (Fsp3) is 0.579. The van der Waals surface area contributed by atoms with E-state index in [1.54, 1.807) is 31.2 Å². The van der Waals surface area contributed by atoms with Crippen LogP contribution in [0.2, 0.25) is 0 Å². The minimum absolute atomic E-state index is 0.0137. The molecule has 0 aromatic heterocycles. The molecule has 1 saturated carbocycles. The van der Waals surface area contributed by atoms with E-state index in [2.05, 4.69) is 17.6 Å². The number of anilines is 1. The number of hydrogen-bond donors (Lipinski definition) is 3. The lowest BCUT2D eigenvalue weighted by atomic mass is 9.88. The van der Waals surface area contributed by atoms with Gasteiger partial charge in [0.2, 0.25) is 5.91 Å². The van der Waals surface area contributed by atoms with Gasteiger partial charge in [-0.1, -0.05) is 33.3 Å². The smallest absolute Gasteiger partial charge is 0.251 e. The van der Waals surface area contributed by atoms with E-state index in [1.807, 2.05) is 13.8 Å². The number of benzene rings is 1. The molecule has 2 rings (SSSR count). The second-order valence-electron chi connectivity index (χ2n) is 7.24. The summed E-state index contributed by atoms with van der Waals surface area (Å²) in [5, 5.41) is 16.0. The maximum atomic E-state index is 12.3. The summed E-state index contributed by atoms with van der Waals surface area (Å²) >= 11 is 0. The molecule has 5 nitrogen and oxygen atoms in total. The first-order valence-electron chi connectivity index (χ1n) is 8.66. The molecule has 1 aliphatic carbocycles. The minimum Gasteiger partial charge on any atom is -0.388 e. The van der Waals surface area contributed by atoms with Crippen molar-refractivity contribution in [3.05, 3.63) is 29.8 Å². The molecule has 0 bridgehead atoms. The molecule has 2 amide bonds. The Labute approximate surface area is 143 Å². The zero-order chi connectivity index (χ0) is 17.9. The third kappa shape index (κ3) is 4.57. The number of carbonyl (C=O) groups is 2. The number of rotatable bonds is 7. The van der Waals surface area contributed by atoms with Crippen LogP contribution in [-0.4, -0.2) is 29.1 Å². The molecule has 1 fully saturated rings. The summed E-state index contributed by atoms with van der Waals surface area (Å²) in [5.74, 6) is 0.380. The quantitative estimate of drug-likeness (QED) is 0.718. The summed E-state index contributed by atoms with van der Waals surface area (Å²) in [4.78, 5) is 24.3. The van der Waals surface area contributed by atoms with Crippen LogP contribution in [0, 0.1) is 17.8 Å². The molecule has 4 unspecified atom stereocenters. The first-order chi connectivity index (χ1) is 11.2. The van der Waals surface area contributed by atoms with E-state index in [4.69, 9.17) is 0 Å². The predicted octanol–water partition coefficient (Wildman–Crippen LogP) is 2.81. The van der Waals surface area contributed by atoms with Gasteiger partial charge in [0.25, 0.3) is 5.91 Å². The topological polar surface area (TPSA) is 78.4 Å². The average Bonchev–Trinajstić information content (AvgIpc) is 3.29. The molecule has 0 radical (unpaired) electrons. The van der Waals surface area contributed by atoms with Crippen LogP contribution in [0.25, 0.3) is 0 Å². The van der Waals surface area contributed by atoms with Crippen molar-refractivity contribution >= 4 is 17.5 Å². The number of carbonyl (C=O) groups excluding carboxylic acids is 2. The van der Waals surface area contributed by atoms with E-state index < -0.39 is 5.60 Å². The first-order valence-corrected chi connectivity index (χ1v) is 8.66. The third-order valence-corrected chi connectivity index (χ3v) is 5.12. The number of hydrogen-bond acceptors (Lipinski definition) is 3. The van der Waals surface area contributed by atoms with Crippen LogP contribution in [-0.2, 0) is 4.79 Å². The Morgan fingerprint density at radius 3 is 2.67 bits per heavy atom. The summed E-state index contributed by atoms with van der Waals surface area (Å²) in [6.45, 7) is 7.94. The first kappa shape index (κ1) is 18.5. The van der Waals surface area contributed by atoms with Crippen LogP contribution >= 0.6 is 0 Å². The van der Waals surface area contributed by atoms with Gasteiger partial charge in [0.1, 0.15) is 0 Å². The SMILES string of the molecule is CCC(C)C(C)(O)CNC(=O)c1cccc(NC(=O)C2CC2C)c1. The van der Waals surface area contributed by atoms with Gasteiger partial charge in [-0.3, -0.25) is 9.59 Å². The number of nitrogens with one attached hydrogen (secondary N) is 2. The minimum atomic E-state index is -0.946. The second-order valence-corrected chi connectivity index (χ2v) is 7.24. The molecule has 4 atom stereocenters. The van der Waals surface area contributed by atoms with Gasteiger partial charge in [0.05, 0.1) is 5.60 Å². The van der Waals surface area contributed by atoms with Crippen molar-refractivity contribution in [2.24, 2.45) is 17.8 Å². The summed E-state index contributed by atoms with van der Waals surface area (Å²) < 4.78 is 0. The molecule has 24 heavy (non-hydrogen) atoms. The van der Waals surface area contributed by atoms with Crippen LogP contribution < -0.4 is 10.6 Å². The van der Waals surface area contributed by atoms with Crippen LogP contribution in [0.4, 0.5) is 5.69 Å². The van der Waals surface area contributed by atoms with Gasteiger partial charge in [-0.15, -0.1) is 0 Å². The Hall–Kier alpha value is -1.88. The maximum absolute atomic E-state index is 12.3. The highest BCUT2D eigenvalue weighted by atomic mass is 16.3. The van der Waals surface area contributed by atoms with E-state index in [9.17, 15) is 14.7 Å². The molecular weight excluding hydrogens is 304 g/mol. The Morgan fingerprint density at radius 2 is 2.08 bits per heavy atom. The average molecular weight is 332 g/mol. The van der Waals surface area contributed by atoms with Crippen molar-refractivity contribution < 1.29 is 14.7 Å². The normalized spacial score (nSPS) is 23.0. The molecule has 0 saturated heterocycles. The van der Waals surface area contributed by atoms with Crippen molar-refractivity contribution in [2.45, 2.75) is 46.1 Å². The fourth-order valence-electron chi connectivity index (χ4n) is 2.64. The fourth-order valence-corrected chi connectivity index (χ4v) is 2.64. The summed E-state index contributed by atoms with van der Waals surface area (Å²) in [6, 6.07) is 6.88. The van der Waals surface area contributed by atoms with Gasteiger partial charge in [-0.25, -0.2) is 0 Å². The van der Waals surface area contributed by atoms with E-state index in [-0.39, 0.29) is 30.2 Å². The molecule has 3 N–H and O–H groups in total. The molecule has 1 aromatic rings. The lowest BCUT2D eigenvalue weighted by Crippen LogP contribution is -2.45. The highest BCUT2D eigenvalue weighted by molar-refractivity contribution is 5.98. The van der Waals surface area contributed by atoms with Crippen LogP contribution in [0.3, 0.4) is 0 Å². The van der Waals surface area contributed by atoms with Crippen molar-refractivity contribution in [1.29, 1.82) is 0 Å². The highest BCUT2D eigenvalue weighted by Crippen LogP contribution is 2.38. The summed E-state index contributed by atoms with van der Waals surface area (Å²) in [6.07, 6.45) is 1.76. The predicted molar refractivity (Wildman–Crippen MR) is 94.8 cm³/mol. The van der Waals surface area contributed by atoms with E-state index >= 15 is 0 Å². The lowest BCUT2D eigenvalue weighted by molar-refractivity contribution is -0.117. The Kier molecular flexibility index (Phi) is 5.65. The van der Waals surface area contributed by atoms with Crippen molar-refractivity contribution in [2.75, 3.05) is 11.9 Å². The Bertz CT molecular complexity index is 612. The lowest BCUT2D eigenvalue weighted by Gasteiger charge is -2.29. The van der Waals surface area contributed by atoms with E-state index in [0.717, 1.165) is 12.8 Å². The number of aliphatic hydroxyl groups is 1. The molecule has 0 spiro atoms. The van der Waals surface area contributed by atoms with Crippen LogP contribution in [0.1, 0.15) is 50.9 Å². The summed E-state index contributed by atoms with van der Waals surface area (Å²) in [7, 11) is 0. The van der Waals surface area contributed by atoms with Gasteiger partial charge in [-0.2, -0.15) is 0 Å². The van der Waals surface area contributed by atoms with Crippen LogP contribution in [0.15, 0.2) is 24.3 Å². The van der Waals surface area contributed by atoms with Crippen LogP contribution in [0.5, 0.6) is 0 Å². The molecular formula is C19H28N2O3. The Morgan fingerprint density at radius 1 is 1.42 bits per heavy atom. The Balaban J connectivity index is 1.95. The highest BCUT2D eigenvalue weighted by Gasteiger charge is 2.39. The summed E-state index contributed by atoms with van der Waals surface area (Å²) in [5.41, 5.74) is 0.148. The second kappa shape index (κ2) is 7.34. The van der Waals surface area contributed by atoms with Gasteiger partial charge in [0, 0.05) is 23.7 Å². The molecule has 132 valence electrons. The maximum Gasteiger partial charge on any atom is 0.251 e. The van der Waals surface area contributed by atoms with Gasteiger partial charge >= 0.3 is 0 Å². The molecule has 1 aliphatic rings. The van der Waals surface area contributed by atoms with Crippen molar-refractivity contribution in [1.82, 2.24) is 5.32 Å². The molecule has 0 heterocycles. The zero-order valence-corrected chi connectivity index (χ0v) is 14.9. The monoisotopic (exact) mass is 332 g/mol. The molecule has 5 heteroatoms. The van der Waals surface area contributed by atoms with Gasteiger partial charge in [0.15, 0.2) is 0 Å². The van der Waals surface area contributed by atoms with Crippen molar-refractivity contribution in [3.8, 4) is 0 Å². The largest absolute Gasteiger partial charge is 0.388 e. The third-order valence-electron chi connectivity index (χ3n) is 5.12. The number of amides is 2. The van der Waals surface area contributed by atoms with E-state index in [1.165, 1.54) is 0 Å².